The van der Waals surface area contributed by atoms with Gasteiger partial charge in [-0.3, -0.25) is 9.78 Å². The van der Waals surface area contributed by atoms with Crippen LogP contribution in [-0.2, 0) is 0 Å². The van der Waals surface area contributed by atoms with Crippen molar-refractivity contribution in [1.82, 2.24) is 15.6 Å². The van der Waals surface area contributed by atoms with Gasteiger partial charge in [-0.2, -0.15) is 0 Å². The fourth-order valence-corrected chi connectivity index (χ4v) is 3.90. The second kappa shape index (κ2) is 9.03. The molecule has 3 aromatic rings. The van der Waals surface area contributed by atoms with Gasteiger partial charge < -0.3 is 26.1 Å². The van der Waals surface area contributed by atoms with Crippen LogP contribution in [0.5, 0.6) is 11.5 Å². The molecule has 7 heteroatoms. The molecule has 4 N–H and O–H groups in total. The maximum Gasteiger partial charge on any atom is 0.252 e. The van der Waals surface area contributed by atoms with E-state index in [0.29, 0.717) is 22.8 Å². The third kappa shape index (κ3) is 4.88. The van der Waals surface area contributed by atoms with E-state index in [2.05, 4.69) is 20.9 Å². The number of carbonyl (C=O) groups is 1. The van der Waals surface area contributed by atoms with E-state index in [9.17, 15) is 4.79 Å². The predicted octanol–water partition coefficient (Wildman–Crippen LogP) is 4.37. The Morgan fingerprint density at radius 3 is 2.45 bits per heavy atom. The standard InChI is InChI=1S/C26H29N5O2/c1-16-11-18(5-7-21(16)25(32)31-26(3)14-29-15-26)23-12-20(9-10-30-23)33-19-6-8-22(17(2)27)24(13-19)28-4/h5-13,27-29H,14-15H2,1-4H3,(H,31,32). The van der Waals surface area contributed by atoms with E-state index in [1.54, 1.807) is 19.2 Å². The van der Waals surface area contributed by atoms with Crippen molar-refractivity contribution in [3.8, 4) is 22.8 Å². The van der Waals surface area contributed by atoms with Crippen LogP contribution < -0.4 is 20.7 Å². The first-order chi connectivity index (χ1) is 15.8. The average Bonchev–Trinajstić information content (AvgIpc) is 2.77. The molecule has 0 aliphatic carbocycles. The van der Waals surface area contributed by atoms with Gasteiger partial charge in [-0.15, -0.1) is 0 Å². The molecular weight excluding hydrogens is 414 g/mol. The Kier molecular flexibility index (Phi) is 6.16. The molecule has 2 heterocycles. The fraction of sp³-hybridized carbons (Fsp3) is 0.269. The number of carbonyl (C=O) groups excluding carboxylic acids is 1. The highest BCUT2D eigenvalue weighted by molar-refractivity contribution is 6.01. The summed E-state index contributed by atoms with van der Waals surface area (Å²) in [6.45, 7) is 7.30. The molecule has 1 aliphatic rings. The molecule has 1 aromatic heterocycles. The molecule has 1 saturated heterocycles. The zero-order valence-electron chi connectivity index (χ0n) is 19.4. The summed E-state index contributed by atoms with van der Waals surface area (Å²) in [6, 6.07) is 15.0. The van der Waals surface area contributed by atoms with Crippen LogP contribution in [0.4, 0.5) is 5.69 Å². The van der Waals surface area contributed by atoms with Crippen LogP contribution in [0.2, 0.25) is 0 Å². The summed E-state index contributed by atoms with van der Waals surface area (Å²) >= 11 is 0. The number of pyridine rings is 1. The molecular formula is C26H29N5O2. The first kappa shape index (κ1) is 22.5. The first-order valence-electron chi connectivity index (χ1n) is 10.9. The highest BCUT2D eigenvalue weighted by atomic mass is 16.5. The van der Waals surface area contributed by atoms with Crippen molar-refractivity contribution in [3.63, 3.8) is 0 Å². The lowest BCUT2D eigenvalue weighted by molar-refractivity contribution is 0.0871. The van der Waals surface area contributed by atoms with Crippen LogP contribution in [0.25, 0.3) is 11.3 Å². The molecule has 170 valence electrons. The summed E-state index contributed by atoms with van der Waals surface area (Å²) in [7, 11) is 1.83. The van der Waals surface area contributed by atoms with Crippen molar-refractivity contribution < 1.29 is 9.53 Å². The molecule has 2 aromatic carbocycles. The first-order valence-corrected chi connectivity index (χ1v) is 10.9. The van der Waals surface area contributed by atoms with Gasteiger partial charge in [-0.1, -0.05) is 6.07 Å². The Bertz CT molecular complexity index is 1220. The van der Waals surface area contributed by atoms with Gasteiger partial charge in [-0.25, -0.2) is 0 Å². The van der Waals surface area contributed by atoms with Gasteiger partial charge in [0.05, 0.1) is 11.2 Å². The summed E-state index contributed by atoms with van der Waals surface area (Å²) in [6.07, 6.45) is 1.71. The lowest BCUT2D eigenvalue weighted by atomic mass is 9.94. The number of benzene rings is 2. The largest absolute Gasteiger partial charge is 0.457 e. The third-order valence-electron chi connectivity index (χ3n) is 5.84. The van der Waals surface area contributed by atoms with Crippen molar-refractivity contribution in [2.75, 3.05) is 25.5 Å². The monoisotopic (exact) mass is 443 g/mol. The van der Waals surface area contributed by atoms with Crippen molar-refractivity contribution in [2.24, 2.45) is 0 Å². The molecule has 1 aliphatic heterocycles. The summed E-state index contributed by atoms with van der Waals surface area (Å²) < 4.78 is 6.06. The predicted molar refractivity (Wildman–Crippen MR) is 132 cm³/mol. The molecule has 0 saturated carbocycles. The molecule has 0 atom stereocenters. The summed E-state index contributed by atoms with van der Waals surface area (Å²) in [5.74, 6) is 1.27. The van der Waals surface area contributed by atoms with Gasteiger partial charge in [0.2, 0.25) is 0 Å². The second-order valence-corrected chi connectivity index (χ2v) is 8.71. The maximum atomic E-state index is 12.7. The minimum absolute atomic E-state index is 0.0583. The molecule has 7 nitrogen and oxygen atoms in total. The summed E-state index contributed by atoms with van der Waals surface area (Å²) in [5.41, 5.74) is 5.22. The summed E-state index contributed by atoms with van der Waals surface area (Å²) in [4.78, 5) is 17.2. The fourth-order valence-electron chi connectivity index (χ4n) is 3.90. The molecule has 4 rings (SSSR count). The summed E-state index contributed by atoms with van der Waals surface area (Å²) in [5, 5.41) is 17.3. The highest BCUT2D eigenvalue weighted by Crippen LogP contribution is 2.30. The van der Waals surface area contributed by atoms with E-state index in [1.807, 2.05) is 63.4 Å². The van der Waals surface area contributed by atoms with Crippen molar-refractivity contribution in [1.29, 1.82) is 5.41 Å². The Morgan fingerprint density at radius 1 is 1.09 bits per heavy atom. The lowest BCUT2D eigenvalue weighted by Crippen LogP contribution is -2.67. The van der Waals surface area contributed by atoms with Gasteiger partial charge >= 0.3 is 0 Å². The van der Waals surface area contributed by atoms with Crippen LogP contribution in [0.1, 0.15) is 35.3 Å². The van der Waals surface area contributed by atoms with E-state index >= 15 is 0 Å². The van der Waals surface area contributed by atoms with E-state index in [1.165, 1.54) is 0 Å². The Balaban J connectivity index is 1.53. The molecule has 1 amide bonds. The number of rotatable bonds is 7. The maximum absolute atomic E-state index is 12.7. The number of anilines is 1. The minimum Gasteiger partial charge on any atom is -0.457 e. The minimum atomic E-state index is -0.182. The van der Waals surface area contributed by atoms with Crippen LogP contribution >= 0.6 is 0 Å². The van der Waals surface area contributed by atoms with Crippen LogP contribution in [0, 0.1) is 12.3 Å². The van der Waals surface area contributed by atoms with E-state index < -0.39 is 0 Å². The van der Waals surface area contributed by atoms with E-state index in [-0.39, 0.29) is 11.4 Å². The topological polar surface area (TPSA) is 99.1 Å². The van der Waals surface area contributed by atoms with Crippen molar-refractivity contribution in [2.45, 2.75) is 26.3 Å². The zero-order valence-corrected chi connectivity index (χ0v) is 19.4. The third-order valence-corrected chi connectivity index (χ3v) is 5.84. The van der Waals surface area contributed by atoms with Crippen molar-refractivity contribution in [3.05, 3.63) is 71.4 Å². The number of hydrogen-bond acceptors (Lipinski definition) is 6. The van der Waals surface area contributed by atoms with E-state index in [4.69, 9.17) is 10.1 Å². The van der Waals surface area contributed by atoms with Gasteiger partial charge in [0.25, 0.3) is 5.91 Å². The van der Waals surface area contributed by atoms with Crippen LogP contribution in [0.3, 0.4) is 0 Å². The molecule has 33 heavy (non-hydrogen) atoms. The number of ether oxygens (including phenoxy) is 1. The SMILES string of the molecule is CNc1cc(Oc2ccnc(-c3ccc(C(=O)NC4(C)CNC4)c(C)c3)c2)ccc1C(C)=N. The van der Waals surface area contributed by atoms with E-state index in [0.717, 1.165) is 41.2 Å². The Hall–Kier alpha value is -3.71. The molecule has 0 bridgehead atoms. The number of aromatic nitrogens is 1. The number of amides is 1. The zero-order chi connectivity index (χ0) is 23.6. The Labute approximate surface area is 194 Å². The molecule has 0 unspecified atom stereocenters. The van der Waals surface area contributed by atoms with Gasteiger partial charge in [0, 0.05) is 66.6 Å². The van der Waals surface area contributed by atoms with Gasteiger partial charge in [-0.05, 0) is 56.7 Å². The van der Waals surface area contributed by atoms with Crippen molar-refractivity contribution >= 4 is 17.3 Å². The Morgan fingerprint density at radius 2 is 1.82 bits per heavy atom. The number of nitrogens with zero attached hydrogens (tertiary/aromatic N) is 1. The van der Waals surface area contributed by atoms with Gasteiger partial charge in [0.1, 0.15) is 11.5 Å². The number of aryl methyl sites for hydroxylation is 1. The number of hydrogen-bond donors (Lipinski definition) is 4. The lowest BCUT2D eigenvalue weighted by Gasteiger charge is -2.40. The number of nitrogens with one attached hydrogen (secondary N) is 4. The average molecular weight is 444 g/mol. The second-order valence-electron chi connectivity index (χ2n) is 8.71. The smallest absolute Gasteiger partial charge is 0.252 e. The van der Waals surface area contributed by atoms with Gasteiger partial charge in [0.15, 0.2) is 0 Å². The molecule has 0 spiro atoms. The highest BCUT2D eigenvalue weighted by Gasteiger charge is 2.33. The normalized spacial score (nSPS) is 14.2. The molecule has 1 fully saturated rings. The molecule has 0 radical (unpaired) electrons. The quantitative estimate of drug-likeness (QED) is 0.407. The van der Waals surface area contributed by atoms with Crippen LogP contribution in [0.15, 0.2) is 54.7 Å². The van der Waals surface area contributed by atoms with Crippen LogP contribution in [-0.4, -0.2) is 42.3 Å².